The van der Waals surface area contributed by atoms with E-state index in [2.05, 4.69) is 14.7 Å². The monoisotopic (exact) mass is 501 g/mol. The highest BCUT2D eigenvalue weighted by Crippen LogP contribution is 2.29. The van der Waals surface area contributed by atoms with Crippen molar-refractivity contribution in [2.75, 3.05) is 13.3 Å². The molecule has 3 aromatic carbocycles. The summed E-state index contributed by atoms with van der Waals surface area (Å²) in [5.41, 5.74) is 3.18. The minimum Gasteiger partial charge on any atom is -0.338 e. The van der Waals surface area contributed by atoms with E-state index in [4.69, 9.17) is 11.6 Å². The summed E-state index contributed by atoms with van der Waals surface area (Å²) >= 11 is 5.96. The molecule has 0 atom stereocenters. The van der Waals surface area contributed by atoms with E-state index in [0.717, 1.165) is 6.26 Å². The molecule has 0 aliphatic carbocycles. The summed E-state index contributed by atoms with van der Waals surface area (Å²) < 4.78 is 51.3. The number of aromatic nitrogens is 2. The Labute approximate surface area is 197 Å². The quantitative estimate of drug-likeness (QED) is 0.408. The number of H-pyrrole nitrogens is 1. The first kappa shape index (κ1) is 23.2. The zero-order valence-electron chi connectivity index (χ0n) is 17.7. The van der Waals surface area contributed by atoms with Gasteiger partial charge in [0.15, 0.2) is 9.84 Å². The highest BCUT2D eigenvalue weighted by Gasteiger charge is 2.17. The predicted molar refractivity (Wildman–Crippen MR) is 131 cm³/mol. The molecule has 10 heteroatoms. The van der Waals surface area contributed by atoms with Crippen molar-refractivity contribution in [3.63, 3.8) is 0 Å². The van der Waals surface area contributed by atoms with Crippen molar-refractivity contribution in [1.82, 2.24) is 14.7 Å². The number of hydrogen-bond acceptors (Lipinski definition) is 5. The SMILES string of the molecule is CNS(=O)(=O)c1ccccc1-c1ccc2nc(/C=C/c3ccc(Cl)cc3S(C)(=O)=O)[nH]c2c1. The minimum absolute atomic E-state index is 0.131. The van der Waals surface area contributed by atoms with Gasteiger partial charge < -0.3 is 4.98 Å². The van der Waals surface area contributed by atoms with Crippen LogP contribution in [0.4, 0.5) is 0 Å². The maximum Gasteiger partial charge on any atom is 0.240 e. The van der Waals surface area contributed by atoms with Crippen LogP contribution in [0.2, 0.25) is 5.02 Å². The third-order valence-corrected chi connectivity index (χ3v) is 7.91. The van der Waals surface area contributed by atoms with Gasteiger partial charge in [-0.3, -0.25) is 0 Å². The van der Waals surface area contributed by atoms with Crippen LogP contribution >= 0.6 is 11.6 Å². The molecule has 1 heterocycles. The summed E-state index contributed by atoms with van der Waals surface area (Å²) in [7, 11) is -5.72. The van der Waals surface area contributed by atoms with E-state index in [1.165, 1.54) is 13.1 Å². The van der Waals surface area contributed by atoms with Gasteiger partial charge in [-0.25, -0.2) is 26.5 Å². The van der Waals surface area contributed by atoms with Crippen molar-refractivity contribution in [2.24, 2.45) is 0 Å². The second-order valence-electron chi connectivity index (χ2n) is 7.35. The Morgan fingerprint density at radius 2 is 1.70 bits per heavy atom. The number of aromatic amines is 1. The lowest BCUT2D eigenvalue weighted by Gasteiger charge is -2.09. The fourth-order valence-corrected chi connectivity index (χ4v) is 5.56. The van der Waals surface area contributed by atoms with E-state index < -0.39 is 19.9 Å². The molecule has 2 N–H and O–H groups in total. The van der Waals surface area contributed by atoms with Crippen molar-refractivity contribution in [3.05, 3.63) is 77.1 Å². The zero-order valence-corrected chi connectivity index (χ0v) is 20.1. The van der Waals surface area contributed by atoms with Crippen LogP contribution in [-0.4, -0.2) is 40.1 Å². The normalized spacial score (nSPS) is 12.6. The Hall–Kier alpha value is -2.98. The van der Waals surface area contributed by atoms with Gasteiger partial charge in [0.1, 0.15) is 5.82 Å². The van der Waals surface area contributed by atoms with Crippen LogP contribution in [0, 0.1) is 0 Å². The van der Waals surface area contributed by atoms with Crippen molar-refractivity contribution >= 4 is 54.6 Å². The van der Waals surface area contributed by atoms with Gasteiger partial charge in [0.2, 0.25) is 10.0 Å². The molecule has 7 nitrogen and oxygen atoms in total. The molecule has 1 aromatic heterocycles. The van der Waals surface area contributed by atoms with Crippen LogP contribution in [0.3, 0.4) is 0 Å². The van der Waals surface area contributed by atoms with Crippen LogP contribution in [0.15, 0.2) is 70.5 Å². The topological polar surface area (TPSA) is 109 Å². The maximum absolute atomic E-state index is 12.4. The van der Waals surface area contributed by atoms with E-state index in [1.807, 2.05) is 12.1 Å². The molecule has 4 rings (SSSR count). The van der Waals surface area contributed by atoms with Crippen molar-refractivity contribution < 1.29 is 16.8 Å². The summed E-state index contributed by atoms with van der Waals surface area (Å²) in [6, 6.07) is 16.9. The lowest BCUT2D eigenvalue weighted by Crippen LogP contribution is -2.19. The van der Waals surface area contributed by atoms with Crippen molar-refractivity contribution in [2.45, 2.75) is 9.79 Å². The fraction of sp³-hybridized carbons (Fsp3) is 0.0870. The van der Waals surface area contributed by atoms with Crippen LogP contribution in [0.5, 0.6) is 0 Å². The number of nitrogens with one attached hydrogen (secondary N) is 2. The van der Waals surface area contributed by atoms with Gasteiger partial charge in [0.25, 0.3) is 0 Å². The molecule has 0 bridgehead atoms. The molecular formula is C23H20ClN3O4S2. The van der Waals surface area contributed by atoms with E-state index in [-0.39, 0.29) is 9.79 Å². The first-order chi connectivity index (χ1) is 15.6. The van der Waals surface area contributed by atoms with Gasteiger partial charge in [-0.15, -0.1) is 0 Å². The number of hydrogen-bond donors (Lipinski definition) is 2. The number of rotatable bonds is 6. The minimum atomic E-state index is -3.63. The number of imidazole rings is 1. The molecule has 0 spiro atoms. The van der Waals surface area contributed by atoms with E-state index in [0.29, 0.717) is 38.6 Å². The highest BCUT2D eigenvalue weighted by atomic mass is 35.5. The van der Waals surface area contributed by atoms with Crippen molar-refractivity contribution in [3.8, 4) is 11.1 Å². The largest absolute Gasteiger partial charge is 0.338 e. The van der Waals surface area contributed by atoms with Crippen LogP contribution in [-0.2, 0) is 19.9 Å². The average Bonchev–Trinajstić information content (AvgIpc) is 3.19. The first-order valence-electron chi connectivity index (χ1n) is 9.79. The molecule has 0 radical (unpaired) electrons. The van der Waals surface area contributed by atoms with E-state index >= 15 is 0 Å². The third kappa shape index (κ3) is 4.86. The van der Waals surface area contributed by atoms with Crippen LogP contribution in [0.1, 0.15) is 11.4 Å². The molecule has 4 aromatic rings. The number of fused-ring (bicyclic) bond motifs is 1. The van der Waals surface area contributed by atoms with E-state index in [9.17, 15) is 16.8 Å². The van der Waals surface area contributed by atoms with Crippen molar-refractivity contribution in [1.29, 1.82) is 0 Å². The standard InChI is InChI=1S/C23H20ClN3O4S2/c1-25-33(30,31)21-6-4-3-5-18(21)16-8-11-19-20(13-16)27-23(26-19)12-9-15-7-10-17(24)14-22(15)32(2,28)29/h3-14,25H,1-2H3,(H,26,27)/b12-9+. The molecule has 0 aliphatic heterocycles. The second-order valence-corrected chi connectivity index (χ2v) is 11.6. The number of nitrogens with zero attached hydrogens (tertiary/aromatic N) is 1. The Morgan fingerprint density at radius 3 is 2.42 bits per heavy atom. The third-order valence-electron chi connectivity index (χ3n) is 5.05. The number of benzene rings is 3. The molecule has 0 fully saturated rings. The van der Waals surface area contributed by atoms with Crippen LogP contribution in [0.25, 0.3) is 34.3 Å². The Morgan fingerprint density at radius 1 is 0.939 bits per heavy atom. The number of sulfone groups is 1. The molecule has 0 amide bonds. The molecular weight excluding hydrogens is 482 g/mol. The molecule has 0 saturated heterocycles. The smallest absolute Gasteiger partial charge is 0.240 e. The fourth-order valence-electron chi connectivity index (χ4n) is 3.46. The van der Waals surface area contributed by atoms with Gasteiger partial charge in [0.05, 0.1) is 20.8 Å². The lowest BCUT2D eigenvalue weighted by molar-refractivity contribution is 0.588. The summed E-state index contributed by atoms with van der Waals surface area (Å²) in [4.78, 5) is 8.00. The Balaban J connectivity index is 1.73. The summed E-state index contributed by atoms with van der Waals surface area (Å²) in [6.07, 6.45) is 4.46. The zero-order chi connectivity index (χ0) is 23.8. The lowest BCUT2D eigenvalue weighted by atomic mass is 10.1. The molecule has 0 aliphatic rings. The summed E-state index contributed by atoms with van der Waals surface area (Å²) in [6.45, 7) is 0. The Kier molecular flexibility index (Phi) is 6.15. The first-order valence-corrected chi connectivity index (χ1v) is 13.5. The second kappa shape index (κ2) is 8.75. The molecule has 0 saturated carbocycles. The van der Waals surface area contributed by atoms with Crippen LogP contribution < -0.4 is 4.72 Å². The maximum atomic E-state index is 12.4. The molecule has 0 unspecified atom stereocenters. The van der Waals surface area contributed by atoms with E-state index in [1.54, 1.807) is 54.6 Å². The Bertz CT molecular complexity index is 1610. The number of sulfonamides is 1. The van der Waals surface area contributed by atoms with Gasteiger partial charge in [-0.05, 0) is 60.7 Å². The summed E-state index contributed by atoms with van der Waals surface area (Å²) in [5.74, 6) is 0.521. The van der Waals surface area contributed by atoms with Gasteiger partial charge in [0, 0.05) is 16.8 Å². The van der Waals surface area contributed by atoms with Gasteiger partial charge >= 0.3 is 0 Å². The van der Waals surface area contributed by atoms with Gasteiger partial charge in [-0.2, -0.15) is 0 Å². The van der Waals surface area contributed by atoms with Gasteiger partial charge in [-0.1, -0.05) is 41.9 Å². The predicted octanol–water partition coefficient (Wildman–Crippen LogP) is 4.37. The highest BCUT2D eigenvalue weighted by molar-refractivity contribution is 7.90. The average molecular weight is 502 g/mol. The molecule has 33 heavy (non-hydrogen) atoms. The summed E-state index contributed by atoms with van der Waals surface area (Å²) in [5, 5.41) is 0.337. The molecule has 170 valence electrons. The number of halogens is 1.